The van der Waals surface area contributed by atoms with Crippen molar-refractivity contribution in [2.24, 2.45) is 0 Å². The molecule has 0 aliphatic carbocycles. The Morgan fingerprint density at radius 1 is 0.767 bits per heavy atom. The van der Waals surface area contributed by atoms with Crippen molar-refractivity contribution < 1.29 is 35.5 Å². The van der Waals surface area contributed by atoms with Crippen LogP contribution in [-0.2, 0) is 6.18 Å². The predicted octanol–water partition coefficient (Wildman–Crippen LogP) is 7.99. The van der Waals surface area contributed by atoms with E-state index in [9.17, 15) is 26.3 Å². The smallest absolute Gasteiger partial charge is 0.453 e. The molecular formula is C20H10F6INO2. The second-order valence-corrected chi connectivity index (χ2v) is 7.22. The van der Waals surface area contributed by atoms with Crippen molar-refractivity contribution in [1.29, 1.82) is 0 Å². The molecule has 0 radical (unpaired) electrons. The zero-order chi connectivity index (χ0) is 21.7. The van der Waals surface area contributed by atoms with Gasteiger partial charge in [0, 0.05) is 10.8 Å². The number of nitrogens with zero attached hydrogens (tertiary/aromatic N) is 1. The van der Waals surface area contributed by atoms with Crippen molar-refractivity contribution in [2.75, 3.05) is 3.11 Å². The fourth-order valence-corrected chi connectivity index (χ4v) is 3.80. The Balaban J connectivity index is 1.79. The molecule has 0 spiro atoms. The van der Waals surface area contributed by atoms with Gasteiger partial charge in [-0.15, -0.1) is 13.2 Å². The van der Waals surface area contributed by atoms with Gasteiger partial charge in [0.05, 0.1) is 39.8 Å². The molecule has 0 saturated heterocycles. The quantitative estimate of drug-likeness (QED) is 0.151. The summed E-state index contributed by atoms with van der Waals surface area (Å²) in [5.74, 6) is -0.382. The number of hydrogen-bond acceptors (Lipinski definition) is 3. The van der Waals surface area contributed by atoms with Crippen LogP contribution < -0.4 is 7.85 Å². The molecule has 4 aromatic rings. The number of rotatable bonds is 3. The third-order valence-electron chi connectivity index (χ3n) is 4.32. The van der Waals surface area contributed by atoms with Crippen LogP contribution in [0.25, 0.3) is 21.9 Å². The van der Waals surface area contributed by atoms with Gasteiger partial charge in [0.15, 0.2) is 5.58 Å². The maximum absolute atomic E-state index is 13.4. The molecule has 0 amide bonds. The van der Waals surface area contributed by atoms with Crippen LogP contribution in [0.4, 0.5) is 37.7 Å². The van der Waals surface area contributed by atoms with Gasteiger partial charge in [-0.25, -0.2) is 0 Å². The number of fused-ring (bicyclic) bond motifs is 3. The molecule has 3 aromatic carbocycles. The lowest BCUT2D eigenvalue weighted by atomic mass is 10.1. The Bertz CT molecular complexity index is 1210. The molecular weight excluding hydrogens is 527 g/mol. The Morgan fingerprint density at radius 2 is 1.37 bits per heavy atom. The first-order chi connectivity index (χ1) is 14.0. The minimum Gasteiger partial charge on any atom is -0.453 e. The number of halogens is 7. The van der Waals surface area contributed by atoms with Crippen LogP contribution in [0, 0.1) is 0 Å². The van der Waals surface area contributed by atoms with E-state index in [2.05, 4.69) is 4.74 Å². The fourth-order valence-electron chi connectivity index (χ4n) is 3.10. The van der Waals surface area contributed by atoms with E-state index in [4.69, 9.17) is 4.42 Å². The first-order valence-electron chi connectivity index (χ1n) is 8.38. The zero-order valence-corrected chi connectivity index (χ0v) is 16.8. The molecule has 30 heavy (non-hydrogen) atoms. The van der Waals surface area contributed by atoms with E-state index in [-0.39, 0.29) is 16.9 Å². The van der Waals surface area contributed by atoms with E-state index in [1.54, 1.807) is 27.4 Å². The third-order valence-corrected chi connectivity index (χ3v) is 5.39. The summed E-state index contributed by atoms with van der Waals surface area (Å²) in [5, 5.41) is 0.813. The highest BCUT2D eigenvalue weighted by molar-refractivity contribution is 14.1. The molecule has 0 fully saturated rings. The first kappa shape index (κ1) is 20.6. The van der Waals surface area contributed by atoms with Gasteiger partial charge in [0.1, 0.15) is 11.3 Å². The van der Waals surface area contributed by atoms with Gasteiger partial charge in [-0.1, -0.05) is 24.3 Å². The Kier molecular flexibility index (Phi) is 4.99. The van der Waals surface area contributed by atoms with Gasteiger partial charge in [0.2, 0.25) is 0 Å². The lowest BCUT2D eigenvalue weighted by molar-refractivity contribution is -0.274. The van der Waals surface area contributed by atoms with Crippen LogP contribution in [0.3, 0.4) is 0 Å². The van der Waals surface area contributed by atoms with Crippen LogP contribution in [-0.4, -0.2) is 6.36 Å². The molecule has 0 N–H and O–H groups in total. The highest BCUT2D eigenvalue weighted by Gasteiger charge is 2.35. The minimum absolute atomic E-state index is 0.231. The maximum atomic E-state index is 13.4. The van der Waals surface area contributed by atoms with Gasteiger partial charge < -0.3 is 9.15 Å². The minimum atomic E-state index is -4.80. The summed E-state index contributed by atoms with van der Waals surface area (Å²) in [5.41, 5.74) is 0.00671. The fraction of sp³-hybridized carbons (Fsp3) is 0.100. The van der Waals surface area contributed by atoms with Crippen LogP contribution >= 0.6 is 22.9 Å². The SMILES string of the molecule is FC(F)(F)Oc1ccc(N(I)c2cccc3c2oc2c(C(F)(F)F)cccc23)cc1. The molecule has 156 valence electrons. The van der Waals surface area contributed by atoms with E-state index in [1.165, 1.54) is 18.2 Å². The number of alkyl halides is 6. The van der Waals surface area contributed by atoms with Gasteiger partial charge in [-0.05, 0) is 36.4 Å². The summed E-state index contributed by atoms with van der Waals surface area (Å²) in [6.45, 7) is 0. The molecule has 0 aliphatic heterocycles. The van der Waals surface area contributed by atoms with Gasteiger partial charge in [0.25, 0.3) is 0 Å². The van der Waals surface area contributed by atoms with Gasteiger partial charge >= 0.3 is 12.5 Å². The molecule has 0 aliphatic rings. The number of furan rings is 1. The molecule has 1 heterocycles. The largest absolute Gasteiger partial charge is 0.573 e. The highest BCUT2D eigenvalue weighted by Crippen LogP contribution is 2.43. The molecule has 4 rings (SSSR count). The lowest BCUT2D eigenvalue weighted by Gasteiger charge is -2.17. The van der Waals surface area contributed by atoms with Gasteiger partial charge in [-0.2, -0.15) is 13.2 Å². The monoisotopic (exact) mass is 537 g/mol. The van der Waals surface area contributed by atoms with Crippen LogP contribution in [0.1, 0.15) is 5.56 Å². The van der Waals surface area contributed by atoms with Crippen molar-refractivity contribution in [3.63, 3.8) is 0 Å². The Morgan fingerprint density at radius 3 is 1.97 bits per heavy atom. The summed E-state index contributed by atoms with van der Waals surface area (Å²) in [7, 11) is 0. The third kappa shape index (κ3) is 3.87. The lowest BCUT2D eigenvalue weighted by Crippen LogP contribution is -2.17. The van der Waals surface area contributed by atoms with Gasteiger partial charge in [-0.3, -0.25) is 3.11 Å². The summed E-state index contributed by atoms with van der Waals surface area (Å²) >= 11 is 1.90. The van der Waals surface area contributed by atoms with Crippen molar-refractivity contribution >= 4 is 56.2 Å². The standard InChI is InChI=1S/C20H10F6INO2/c21-19(22,23)15-5-1-3-13-14-4-2-6-16(18(14)29-17(13)15)28(27)11-7-9-12(10-8-11)30-20(24,25)26/h1-10H. The average molecular weight is 537 g/mol. The van der Waals surface area contributed by atoms with E-state index < -0.39 is 18.1 Å². The van der Waals surface area contributed by atoms with E-state index >= 15 is 0 Å². The van der Waals surface area contributed by atoms with Crippen molar-refractivity contribution in [1.82, 2.24) is 0 Å². The Labute approximate surface area is 179 Å². The van der Waals surface area contributed by atoms with Crippen LogP contribution in [0.15, 0.2) is 65.1 Å². The number of hydrogen-bond donors (Lipinski definition) is 0. The molecule has 3 nitrogen and oxygen atoms in total. The molecule has 0 saturated carbocycles. The van der Waals surface area contributed by atoms with Crippen molar-refractivity contribution in [3.8, 4) is 5.75 Å². The second kappa shape index (κ2) is 7.25. The average Bonchev–Trinajstić information content (AvgIpc) is 3.04. The Hall–Kier alpha value is -2.63. The summed E-state index contributed by atoms with van der Waals surface area (Å²) in [4.78, 5) is 0. The van der Waals surface area contributed by atoms with Crippen molar-refractivity contribution in [2.45, 2.75) is 12.5 Å². The summed E-state index contributed by atoms with van der Waals surface area (Å²) in [6, 6.07) is 13.9. The first-order valence-corrected chi connectivity index (χ1v) is 9.34. The summed E-state index contributed by atoms with van der Waals surface area (Å²) in [6.07, 6.45) is -9.38. The molecule has 0 atom stereocenters. The number of benzene rings is 3. The van der Waals surface area contributed by atoms with Crippen molar-refractivity contribution in [3.05, 3.63) is 66.2 Å². The maximum Gasteiger partial charge on any atom is 0.573 e. The zero-order valence-electron chi connectivity index (χ0n) is 14.7. The molecule has 1 aromatic heterocycles. The number of anilines is 2. The normalized spacial score (nSPS) is 12.5. The summed E-state index contributed by atoms with van der Waals surface area (Å²) < 4.78 is 88.1. The number of para-hydroxylation sites is 2. The van der Waals surface area contributed by atoms with E-state index in [0.29, 0.717) is 22.1 Å². The van der Waals surface area contributed by atoms with E-state index in [0.717, 1.165) is 18.2 Å². The molecule has 0 bridgehead atoms. The topological polar surface area (TPSA) is 25.6 Å². The number of ether oxygens (including phenoxy) is 1. The van der Waals surface area contributed by atoms with Crippen LogP contribution in [0.2, 0.25) is 0 Å². The molecule has 10 heteroatoms. The second-order valence-electron chi connectivity index (χ2n) is 6.26. The van der Waals surface area contributed by atoms with E-state index in [1.807, 2.05) is 22.9 Å². The molecule has 0 unspecified atom stereocenters. The van der Waals surface area contributed by atoms with Crippen LogP contribution in [0.5, 0.6) is 5.75 Å². The highest BCUT2D eigenvalue weighted by atomic mass is 127. The predicted molar refractivity (Wildman–Crippen MR) is 108 cm³/mol.